The SMILES string of the molecule is CN(C)c1cccc(C(=O)NCc2cccc(COCc3ccccc3)c2)c1. The summed E-state index contributed by atoms with van der Waals surface area (Å²) in [6, 6.07) is 25.8. The second-order valence-corrected chi connectivity index (χ2v) is 6.93. The van der Waals surface area contributed by atoms with E-state index in [1.165, 1.54) is 0 Å². The molecule has 0 radical (unpaired) electrons. The van der Waals surface area contributed by atoms with Gasteiger partial charge in [0, 0.05) is 31.9 Å². The van der Waals surface area contributed by atoms with E-state index >= 15 is 0 Å². The number of anilines is 1. The molecule has 3 aromatic rings. The molecule has 0 aliphatic carbocycles. The van der Waals surface area contributed by atoms with Crippen molar-refractivity contribution in [2.45, 2.75) is 19.8 Å². The van der Waals surface area contributed by atoms with Gasteiger partial charge in [0.1, 0.15) is 0 Å². The maximum Gasteiger partial charge on any atom is 0.251 e. The fourth-order valence-electron chi connectivity index (χ4n) is 2.90. The molecular formula is C24H26N2O2. The molecular weight excluding hydrogens is 348 g/mol. The van der Waals surface area contributed by atoms with Crippen molar-refractivity contribution >= 4 is 11.6 Å². The van der Waals surface area contributed by atoms with Crippen LogP contribution in [0.5, 0.6) is 0 Å². The number of ether oxygens (including phenoxy) is 1. The van der Waals surface area contributed by atoms with Crippen molar-refractivity contribution in [3.63, 3.8) is 0 Å². The normalized spacial score (nSPS) is 10.5. The Morgan fingerprint density at radius 2 is 1.50 bits per heavy atom. The predicted molar refractivity (Wildman–Crippen MR) is 113 cm³/mol. The molecule has 0 fully saturated rings. The van der Waals surface area contributed by atoms with Crippen molar-refractivity contribution in [3.8, 4) is 0 Å². The smallest absolute Gasteiger partial charge is 0.251 e. The molecule has 0 heterocycles. The Hall–Kier alpha value is -3.11. The molecule has 0 aromatic heterocycles. The van der Waals surface area contributed by atoms with Gasteiger partial charge < -0.3 is 15.0 Å². The zero-order valence-electron chi connectivity index (χ0n) is 16.4. The van der Waals surface area contributed by atoms with Crippen LogP contribution in [0.25, 0.3) is 0 Å². The highest BCUT2D eigenvalue weighted by Crippen LogP contribution is 2.14. The minimum Gasteiger partial charge on any atom is -0.378 e. The second kappa shape index (κ2) is 9.72. The number of carbonyl (C=O) groups excluding carboxylic acids is 1. The van der Waals surface area contributed by atoms with Crippen LogP contribution in [0.1, 0.15) is 27.0 Å². The number of hydrogen-bond acceptors (Lipinski definition) is 3. The maximum atomic E-state index is 12.5. The van der Waals surface area contributed by atoms with Crippen molar-refractivity contribution in [1.82, 2.24) is 5.32 Å². The van der Waals surface area contributed by atoms with Gasteiger partial charge in [-0.25, -0.2) is 0 Å². The number of nitrogens with one attached hydrogen (secondary N) is 1. The molecule has 0 aliphatic heterocycles. The Labute approximate surface area is 166 Å². The Kier molecular flexibility index (Phi) is 6.82. The van der Waals surface area contributed by atoms with E-state index in [9.17, 15) is 4.79 Å². The molecule has 0 saturated carbocycles. The fourth-order valence-corrected chi connectivity index (χ4v) is 2.90. The van der Waals surface area contributed by atoms with E-state index in [4.69, 9.17) is 4.74 Å². The first-order valence-electron chi connectivity index (χ1n) is 9.37. The summed E-state index contributed by atoms with van der Waals surface area (Å²) < 4.78 is 5.80. The molecule has 4 heteroatoms. The minimum atomic E-state index is -0.0746. The molecule has 4 nitrogen and oxygen atoms in total. The monoisotopic (exact) mass is 374 g/mol. The molecule has 28 heavy (non-hydrogen) atoms. The maximum absolute atomic E-state index is 12.5. The highest BCUT2D eigenvalue weighted by molar-refractivity contribution is 5.95. The quantitative estimate of drug-likeness (QED) is 0.635. The van der Waals surface area contributed by atoms with Crippen LogP contribution < -0.4 is 10.2 Å². The molecule has 0 spiro atoms. The largest absolute Gasteiger partial charge is 0.378 e. The Bertz CT molecular complexity index is 907. The molecule has 0 unspecified atom stereocenters. The number of rotatable bonds is 8. The van der Waals surface area contributed by atoms with Crippen LogP contribution in [-0.2, 0) is 24.5 Å². The summed E-state index contributed by atoms with van der Waals surface area (Å²) in [6.45, 7) is 1.61. The van der Waals surface area contributed by atoms with Gasteiger partial charge >= 0.3 is 0 Å². The van der Waals surface area contributed by atoms with Gasteiger partial charge in [0.25, 0.3) is 5.91 Å². The van der Waals surface area contributed by atoms with E-state index < -0.39 is 0 Å². The number of nitrogens with zero attached hydrogens (tertiary/aromatic N) is 1. The lowest BCUT2D eigenvalue weighted by atomic mass is 10.1. The third kappa shape index (κ3) is 5.69. The summed E-state index contributed by atoms with van der Waals surface area (Å²) in [5.41, 5.74) is 4.97. The van der Waals surface area contributed by atoms with E-state index in [0.29, 0.717) is 25.3 Å². The molecule has 0 aliphatic rings. The van der Waals surface area contributed by atoms with Crippen LogP contribution in [0, 0.1) is 0 Å². The molecule has 0 atom stereocenters. The average molecular weight is 374 g/mol. The van der Waals surface area contributed by atoms with E-state index in [1.54, 1.807) is 0 Å². The van der Waals surface area contributed by atoms with Crippen molar-refractivity contribution in [2.24, 2.45) is 0 Å². The summed E-state index contributed by atoms with van der Waals surface area (Å²) >= 11 is 0. The van der Waals surface area contributed by atoms with Crippen molar-refractivity contribution < 1.29 is 9.53 Å². The van der Waals surface area contributed by atoms with Crippen molar-refractivity contribution in [1.29, 1.82) is 0 Å². The first kappa shape index (κ1) is 19.6. The molecule has 3 aromatic carbocycles. The Balaban J connectivity index is 1.53. The van der Waals surface area contributed by atoms with Crippen LogP contribution in [0.4, 0.5) is 5.69 Å². The summed E-state index contributed by atoms with van der Waals surface area (Å²) in [5.74, 6) is -0.0746. The lowest BCUT2D eigenvalue weighted by Gasteiger charge is -2.13. The van der Waals surface area contributed by atoms with Gasteiger partial charge in [0.2, 0.25) is 0 Å². The van der Waals surface area contributed by atoms with Gasteiger partial charge in [-0.15, -0.1) is 0 Å². The predicted octanol–water partition coefficient (Wildman–Crippen LogP) is 4.40. The van der Waals surface area contributed by atoms with Crippen LogP contribution in [-0.4, -0.2) is 20.0 Å². The number of benzene rings is 3. The molecule has 144 valence electrons. The molecule has 0 saturated heterocycles. The number of hydrogen-bond donors (Lipinski definition) is 1. The highest BCUT2D eigenvalue weighted by atomic mass is 16.5. The summed E-state index contributed by atoms with van der Waals surface area (Å²) in [7, 11) is 3.92. The molecule has 3 rings (SSSR count). The summed E-state index contributed by atoms with van der Waals surface area (Å²) in [5, 5.41) is 2.99. The average Bonchev–Trinajstić information content (AvgIpc) is 2.73. The van der Waals surface area contributed by atoms with E-state index in [1.807, 2.05) is 79.7 Å². The first-order valence-corrected chi connectivity index (χ1v) is 9.37. The zero-order valence-corrected chi connectivity index (χ0v) is 16.4. The lowest BCUT2D eigenvalue weighted by molar-refractivity contribution is 0.0951. The molecule has 0 bridgehead atoms. The van der Waals surface area contributed by atoms with Gasteiger partial charge in [0.05, 0.1) is 13.2 Å². The van der Waals surface area contributed by atoms with E-state index in [2.05, 4.69) is 23.5 Å². The van der Waals surface area contributed by atoms with Gasteiger partial charge in [0.15, 0.2) is 0 Å². The Morgan fingerprint density at radius 3 is 2.29 bits per heavy atom. The third-order valence-corrected chi connectivity index (χ3v) is 4.45. The van der Waals surface area contributed by atoms with Crippen LogP contribution in [0.2, 0.25) is 0 Å². The third-order valence-electron chi connectivity index (χ3n) is 4.45. The number of carbonyl (C=O) groups is 1. The standard InChI is InChI=1S/C24H26N2O2/c1-26(2)23-13-7-12-22(15-23)24(27)25-16-20-10-6-11-21(14-20)18-28-17-19-8-4-3-5-9-19/h3-15H,16-18H2,1-2H3,(H,25,27). The topological polar surface area (TPSA) is 41.6 Å². The van der Waals surface area contributed by atoms with Crippen LogP contribution in [0.15, 0.2) is 78.9 Å². The van der Waals surface area contributed by atoms with Gasteiger partial charge in [-0.3, -0.25) is 4.79 Å². The minimum absolute atomic E-state index is 0.0746. The van der Waals surface area contributed by atoms with Crippen molar-refractivity contribution in [3.05, 3.63) is 101 Å². The second-order valence-electron chi connectivity index (χ2n) is 6.93. The van der Waals surface area contributed by atoms with E-state index in [-0.39, 0.29) is 5.91 Å². The van der Waals surface area contributed by atoms with Gasteiger partial charge in [-0.05, 0) is 34.9 Å². The van der Waals surface area contributed by atoms with Gasteiger partial charge in [-0.1, -0.05) is 60.7 Å². The fraction of sp³-hybridized carbons (Fsp3) is 0.208. The van der Waals surface area contributed by atoms with Crippen LogP contribution in [0.3, 0.4) is 0 Å². The molecule has 1 N–H and O–H groups in total. The highest BCUT2D eigenvalue weighted by Gasteiger charge is 2.07. The summed E-state index contributed by atoms with van der Waals surface area (Å²) in [4.78, 5) is 14.4. The van der Waals surface area contributed by atoms with Gasteiger partial charge in [-0.2, -0.15) is 0 Å². The van der Waals surface area contributed by atoms with Crippen LogP contribution >= 0.6 is 0 Å². The Morgan fingerprint density at radius 1 is 0.821 bits per heavy atom. The summed E-state index contributed by atoms with van der Waals surface area (Å²) in [6.07, 6.45) is 0. The first-order chi connectivity index (χ1) is 13.6. The number of amides is 1. The van der Waals surface area contributed by atoms with Crippen molar-refractivity contribution in [2.75, 3.05) is 19.0 Å². The molecule has 1 amide bonds. The zero-order chi connectivity index (χ0) is 19.8. The lowest BCUT2D eigenvalue weighted by Crippen LogP contribution is -2.23. The van der Waals surface area contributed by atoms with E-state index in [0.717, 1.165) is 22.4 Å².